The molecule has 0 amide bonds. The van der Waals surface area contributed by atoms with Crippen LogP contribution in [0.5, 0.6) is 0 Å². The first-order chi connectivity index (χ1) is 8.60. The van der Waals surface area contributed by atoms with Crippen LogP contribution in [0.3, 0.4) is 0 Å². The van der Waals surface area contributed by atoms with Gasteiger partial charge in [-0.1, -0.05) is 13.3 Å². The lowest BCUT2D eigenvalue weighted by molar-refractivity contribution is -0.160. The van der Waals surface area contributed by atoms with Crippen molar-refractivity contribution in [3.05, 3.63) is 0 Å². The largest absolute Gasteiger partial charge is 0.463 e. The van der Waals surface area contributed by atoms with Crippen molar-refractivity contribution in [3.8, 4) is 0 Å². The van der Waals surface area contributed by atoms with E-state index < -0.39 is 0 Å². The highest BCUT2D eigenvalue weighted by molar-refractivity contribution is 5.77. The predicted octanol–water partition coefficient (Wildman–Crippen LogP) is 2.12. The van der Waals surface area contributed by atoms with Crippen LogP contribution in [0.4, 0.5) is 0 Å². The summed E-state index contributed by atoms with van der Waals surface area (Å²) in [7, 11) is 0. The Hall–Kier alpha value is -0.610. The molecule has 0 bridgehead atoms. The quantitative estimate of drug-likeness (QED) is 0.560. The van der Waals surface area contributed by atoms with Gasteiger partial charge < -0.3 is 14.8 Å². The molecule has 1 N–H and O–H groups in total. The summed E-state index contributed by atoms with van der Waals surface area (Å²) in [6.07, 6.45) is 3.93. The van der Waals surface area contributed by atoms with E-state index in [1.807, 2.05) is 13.8 Å². The number of ether oxygens (including phenoxy) is 2. The van der Waals surface area contributed by atoms with Crippen LogP contribution in [0.1, 0.15) is 46.5 Å². The van der Waals surface area contributed by atoms with E-state index in [0.717, 1.165) is 38.8 Å². The molecule has 1 aliphatic heterocycles. The number of rotatable bonds is 7. The number of carbonyl (C=O) groups excluding carboxylic acids is 1. The second-order valence-corrected chi connectivity index (χ2v) is 5.34. The minimum Gasteiger partial charge on any atom is -0.463 e. The Morgan fingerprint density at radius 1 is 1.28 bits per heavy atom. The second-order valence-electron chi connectivity index (χ2n) is 5.34. The summed E-state index contributed by atoms with van der Waals surface area (Å²) < 4.78 is 10.8. The molecule has 1 fully saturated rings. The molecular weight excluding hydrogens is 230 g/mol. The summed E-state index contributed by atoms with van der Waals surface area (Å²) in [6, 6.07) is 0. The molecule has 0 aliphatic carbocycles. The van der Waals surface area contributed by atoms with E-state index in [1.54, 1.807) is 0 Å². The van der Waals surface area contributed by atoms with Crippen molar-refractivity contribution in [3.63, 3.8) is 0 Å². The van der Waals surface area contributed by atoms with Crippen LogP contribution in [0.25, 0.3) is 0 Å². The summed E-state index contributed by atoms with van der Waals surface area (Å²) in [5.74, 6) is -0.0294. The van der Waals surface area contributed by atoms with E-state index in [0.29, 0.717) is 13.2 Å². The van der Waals surface area contributed by atoms with Crippen LogP contribution in [0, 0.1) is 5.41 Å². The molecule has 0 radical (unpaired) electrons. The Morgan fingerprint density at radius 2 is 1.94 bits per heavy atom. The first-order valence-corrected chi connectivity index (χ1v) is 7.10. The number of hydrogen-bond acceptors (Lipinski definition) is 4. The van der Waals surface area contributed by atoms with Gasteiger partial charge in [0.05, 0.1) is 18.1 Å². The standard InChI is InChI=1S/C14H27NO3/c1-4-5-14(6-8-15-9-7-14)13(16)18-11-10-17-12(2)3/h12,15H,4-11H2,1-3H3. The topological polar surface area (TPSA) is 47.6 Å². The molecule has 0 aromatic rings. The average molecular weight is 257 g/mol. The van der Waals surface area contributed by atoms with Crippen LogP contribution in [-0.2, 0) is 14.3 Å². The smallest absolute Gasteiger partial charge is 0.312 e. The van der Waals surface area contributed by atoms with Crippen LogP contribution in [0.15, 0.2) is 0 Å². The van der Waals surface area contributed by atoms with Gasteiger partial charge in [-0.2, -0.15) is 0 Å². The molecule has 0 unspecified atom stereocenters. The van der Waals surface area contributed by atoms with E-state index >= 15 is 0 Å². The van der Waals surface area contributed by atoms with E-state index in [-0.39, 0.29) is 17.5 Å². The van der Waals surface area contributed by atoms with Gasteiger partial charge in [-0.3, -0.25) is 4.79 Å². The highest BCUT2D eigenvalue weighted by Gasteiger charge is 2.39. The highest BCUT2D eigenvalue weighted by Crippen LogP contribution is 2.35. The minimum atomic E-state index is -0.252. The zero-order valence-corrected chi connectivity index (χ0v) is 12.0. The number of esters is 1. The normalized spacial score (nSPS) is 18.9. The van der Waals surface area contributed by atoms with Crippen molar-refractivity contribution in [2.75, 3.05) is 26.3 Å². The summed E-state index contributed by atoms with van der Waals surface area (Å²) in [5, 5.41) is 3.30. The Balaban J connectivity index is 2.39. The van der Waals surface area contributed by atoms with Crippen molar-refractivity contribution < 1.29 is 14.3 Å². The molecule has 0 saturated carbocycles. The van der Waals surface area contributed by atoms with Crippen LogP contribution >= 0.6 is 0 Å². The fourth-order valence-electron chi connectivity index (χ4n) is 2.51. The minimum absolute atomic E-state index is 0.0294. The summed E-state index contributed by atoms with van der Waals surface area (Å²) >= 11 is 0. The molecule has 0 aromatic carbocycles. The number of hydrogen-bond donors (Lipinski definition) is 1. The van der Waals surface area contributed by atoms with E-state index in [4.69, 9.17) is 9.47 Å². The Bertz CT molecular complexity index is 242. The third kappa shape index (κ3) is 4.58. The SMILES string of the molecule is CCCC1(C(=O)OCCOC(C)C)CCNCC1. The van der Waals surface area contributed by atoms with Crippen LogP contribution < -0.4 is 5.32 Å². The van der Waals surface area contributed by atoms with Gasteiger partial charge in [-0.05, 0) is 46.2 Å². The lowest BCUT2D eigenvalue weighted by Gasteiger charge is -2.35. The van der Waals surface area contributed by atoms with Crippen molar-refractivity contribution >= 4 is 5.97 Å². The first kappa shape index (κ1) is 15.4. The Morgan fingerprint density at radius 3 is 2.50 bits per heavy atom. The predicted molar refractivity (Wildman–Crippen MR) is 71.5 cm³/mol. The lowest BCUT2D eigenvalue weighted by atomic mass is 9.75. The van der Waals surface area contributed by atoms with Gasteiger partial charge >= 0.3 is 5.97 Å². The summed E-state index contributed by atoms with van der Waals surface area (Å²) in [4.78, 5) is 12.2. The fraction of sp³-hybridized carbons (Fsp3) is 0.929. The number of nitrogens with one attached hydrogen (secondary N) is 1. The highest BCUT2D eigenvalue weighted by atomic mass is 16.6. The van der Waals surface area contributed by atoms with Gasteiger partial charge in [0.2, 0.25) is 0 Å². The van der Waals surface area contributed by atoms with Crippen molar-refractivity contribution in [2.24, 2.45) is 5.41 Å². The van der Waals surface area contributed by atoms with Crippen molar-refractivity contribution in [1.29, 1.82) is 0 Å². The maximum Gasteiger partial charge on any atom is 0.312 e. The first-order valence-electron chi connectivity index (χ1n) is 7.10. The summed E-state index contributed by atoms with van der Waals surface area (Å²) in [5.41, 5.74) is -0.252. The van der Waals surface area contributed by atoms with Gasteiger partial charge in [-0.25, -0.2) is 0 Å². The lowest BCUT2D eigenvalue weighted by Crippen LogP contribution is -2.43. The fourth-order valence-corrected chi connectivity index (χ4v) is 2.51. The van der Waals surface area contributed by atoms with Gasteiger partial charge in [0.15, 0.2) is 0 Å². The molecule has 18 heavy (non-hydrogen) atoms. The molecule has 1 saturated heterocycles. The molecular formula is C14H27NO3. The van der Waals surface area contributed by atoms with Gasteiger partial charge in [0, 0.05) is 0 Å². The second kappa shape index (κ2) is 7.74. The zero-order valence-electron chi connectivity index (χ0n) is 12.0. The van der Waals surface area contributed by atoms with E-state index in [1.165, 1.54) is 0 Å². The molecule has 1 heterocycles. The molecule has 4 heteroatoms. The average Bonchev–Trinajstić information content (AvgIpc) is 2.35. The molecule has 0 spiro atoms. The van der Waals surface area contributed by atoms with Crippen LogP contribution in [-0.4, -0.2) is 38.4 Å². The maximum absolute atomic E-state index is 12.2. The molecule has 0 atom stereocenters. The van der Waals surface area contributed by atoms with Crippen LogP contribution in [0.2, 0.25) is 0 Å². The molecule has 4 nitrogen and oxygen atoms in total. The Kier molecular flexibility index (Phi) is 6.65. The van der Waals surface area contributed by atoms with Gasteiger partial charge in [0.1, 0.15) is 6.61 Å². The molecule has 1 rings (SSSR count). The zero-order chi connectivity index (χ0) is 13.4. The maximum atomic E-state index is 12.2. The summed E-state index contributed by atoms with van der Waals surface area (Å²) in [6.45, 7) is 8.77. The third-order valence-corrected chi connectivity index (χ3v) is 3.49. The monoisotopic (exact) mass is 257 g/mol. The molecule has 106 valence electrons. The van der Waals surface area contributed by atoms with E-state index in [2.05, 4.69) is 12.2 Å². The van der Waals surface area contributed by atoms with E-state index in [9.17, 15) is 4.79 Å². The molecule has 1 aliphatic rings. The number of piperidine rings is 1. The van der Waals surface area contributed by atoms with Crippen molar-refractivity contribution in [1.82, 2.24) is 5.32 Å². The van der Waals surface area contributed by atoms with Gasteiger partial charge in [0.25, 0.3) is 0 Å². The van der Waals surface area contributed by atoms with Gasteiger partial charge in [-0.15, -0.1) is 0 Å². The molecule has 0 aromatic heterocycles. The number of carbonyl (C=O) groups is 1. The third-order valence-electron chi connectivity index (χ3n) is 3.49. The Labute approximate surface area is 110 Å². The van der Waals surface area contributed by atoms with Crippen molar-refractivity contribution in [2.45, 2.75) is 52.6 Å².